The van der Waals surface area contributed by atoms with E-state index in [4.69, 9.17) is 0 Å². The third kappa shape index (κ3) is 3.83. The summed E-state index contributed by atoms with van der Waals surface area (Å²) in [5.74, 6) is 0.134. The van der Waals surface area contributed by atoms with E-state index in [9.17, 15) is 4.79 Å². The van der Waals surface area contributed by atoms with Crippen LogP contribution in [0.4, 0.5) is 11.4 Å². The Morgan fingerprint density at radius 1 is 0.938 bits per heavy atom. The molecule has 0 fully saturated rings. The molecule has 1 amide bonds. The van der Waals surface area contributed by atoms with Gasteiger partial charge in [0.2, 0.25) is 11.1 Å². The van der Waals surface area contributed by atoms with E-state index in [1.54, 1.807) is 4.90 Å². The predicted octanol–water partition coefficient (Wildman–Crippen LogP) is 5.58. The van der Waals surface area contributed by atoms with Crippen molar-refractivity contribution in [2.75, 3.05) is 10.7 Å². The highest BCUT2D eigenvalue weighted by molar-refractivity contribution is 7.99. The van der Waals surface area contributed by atoms with E-state index >= 15 is 0 Å². The Bertz CT molecular complexity index is 1380. The van der Waals surface area contributed by atoms with Gasteiger partial charge in [0.05, 0.1) is 11.3 Å². The second kappa shape index (κ2) is 8.43. The lowest BCUT2D eigenvalue weighted by atomic mass is 10.1. The van der Waals surface area contributed by atoms with Crippen LogP contribution in [0.1, 0.15) is 11.1 Å². The summed E-state index contributed by atoms with van der Waals surface area (Å²) < 4.78 is 0. The fourth-order valence-electron chi connectivity index (χ4n) is 3.86. The van der Waals surface area contributed by atoms with Gasteiger partial charge in [-0.3, -0.25) is 9.69 Å². The van der Waals surface area contributed by atoms with Gasteiger partial charge in [0, 0.05) is 16.8 Å². The molecule has 0 aliphatic carbocycles. The summed E-state index contributed by atoms with van der Waals surface area (Å²) in [5.41, 5.74) is 6.40. The Hall–Kier alpha value is -3.71. The monoisotopic (exact) mass is 439 g/mol. The van der Waals surface area contributed by atoms with Crippen molar-refractivity contribution in [1.29, 1.82) is 0 Å². The number of rotatable bonds is 5. The molecule has 0 aliphatic heterocycles. The zero-order valence-corrected chi connectivity index (χ0v) is 18.6. The SMILES string of the molecule is Cc1cc(C)c2[nH]c3nc(SCC(=O)N(c4ccccc4)c4ccccc4)nnc3c2c1. The summed E-state index contributed by atoms with van der Waals surface area (Å²) in [6.07, 6.45) is 0. The van der Waals surface area contributed by atoms with Crippen LogP contribution in [0.2, 0.25) is 0 Å². The second-order valence-electron chi connectivity index (χ2n) is 7.61. The van der Waals surface area contributed by atoms with Crippen molar-refractivity contribution in [2.45, 2.75) is 19.0 Å². The topological polar surface area (TPSA) is 74.8 Å². The summed E-state index contributed by atoms with van der Waals surface area (Å²) >= 11 is 1.28. The number of thioether (sulfide) groups is 1. The van der Waals surface area contributed by atoms with Gasteiger partial charge in [0.25, 0.3) is 0 Å². The van der Waals surface area contributed by atoms with Crippen LogP contribution in [0.15, 0.2) is 78.0 Å². The molecular formula is C25H21N5OS. The van der Waals surface area contributed by atoms with Crippen LogP contribution in [0, 0.1) is 13.8 Å². The van der Waals surface area contributed by atoms with Gasteiger partial charge < -0.3 is 4.98 Å². The van der Waals surface area contributed by atoms with Crippen molar-refractivity contribution < 1.29 is 4.79 Å². The number of H-pyrrole nitrogens is 1. The molecule has 1 N–H and O–H groups in total. The minimum absolute atomic E-state index is 0.0563. The number of amides is 1. The quantitative estimate of drug-likeness (QED) is 0.362. The molecule has 7 heteroatoms. The van der Waals surface area contributed by atoms with Crippen LogP contribution in [-0.4, -0.2) is 31.8 Å². The third-order valence-corrected chi connectivity index (χ3v) is 6.07. The van der Waals surface area contributed by atoms with Crippen LogP contribution in [-0.2, 0) is 4.79 Å². The van der Waals surface area contributed by atoms with Crippen LogP contribution in [0.5, 0.6) is 0 Å². The van der Waals surface area contributed by atoms with E-state index < -0.39 is 0 Å². The number of hydrogen-bond acceptors (Lipinski definition) is 5. The summed E-state index contributed by atoms with van der Waals surface area (Å²) in [7, 11) is 0. The summed E-state index contributed by atoms with van der Waals surface area (Å²) in [5, 5.41) is 10.2. The lowest BCUT2D eigenvalue weighted by Gasteiger charge is -2.22. The number of aryl methyl sites for hydroxylation is 2. The number of hydrogen-bond donors (Lipinski definition) is 1. The number of carbonyl (C=O) groups is 1. The number of nitrogens with one attached hydrogen (secondary N) is 1. The summed E-state index contributed by atoms with van der Waals surface area (Å²) in [6.45, 7) is 4.13. The number of anilines is 2. The zero-order chi connectivity index (χ0) is 22.1. The van der Waals surface area contributed by atoms with Gasteiger partial charge in [-0.2, -0.15) is 0 Å². The van der Waals surface area contributed by atoms with Crippen LogP contribution < -0.4 is 4.90 Å². The number of aromatic amines is 1. The molecule has 5 rings (SSSR count). The van der Waals surface area contributed by atoms with Crippen LogP contribution in [0.25, 0.3) is 22.1 Å². The molecule has 2 heterocycles. The first-order valence-corrected chi connectivity index (χ1v) is 11.3. The van der Waals surface area contributed by atoms with Gasteiger partial charge in [-0.05, 0) is 49.7 Å². The largest absolute Gasteiger partial charge is 0.337 e. The Morgan fingerprint density at radius 3 is 2.25 bits per heavy atom. The number of nitrogens with zero attached hydrogens (tertiary/aromatic N) is 4. The maximum atomic E-state index is 13.2. The molecule has 0 atom stereocenters. The highest BCUT2D eigenvalue weighted by Gasteiger charge is 2.19. The van der Waals surface area contributed by atoms with Gasteiger partial charge in [-0.1, -0.05) is 59.8 Å². The molecule has 0 bridgehead atoms. The number of aromatic nitrogens is 4. The van der Waals surface area contributed by atoms with Crippen molar-refractivity contribution >= 4 is 51.1 Å². The lowest BCUT2D eigenvalue weighted by Crippen LogP contribution is -2.27. The van der Waals surface area contributed by atoms with Crippen LogP contribution >= 0.6 is 11.8 Å². The predicted molar refractivity (Wildman–Crippen MR) is 129 cm³/mol. The van der Waals surface area contributed by atoms with E-state index in [0.29, 0.717) is 10.8 Å². The fraction of sp³-hybridized carbons (Fsp3) is 0.120. The van der Waals surface area contributed by atoms with E-state index in [1.165, 1.54) is 17.3 Å². The van der Waals surface area contributed by atoms with Gasteiger partial charge in [0.1, 0.15) is 5.52 Å². The van der Waals surface area contributed by atoms with Crippen LogP contribution in [0.3, 0.4) is 0 Å². The van der Waals surface area contributed by atoms with E-state index in [0.717, 1.165) is 33.4 Å². The first-order valence-electron chi connectivity index (χ1n) is 10.3. The Balaban J connectivity index is 1.42. The Kier molecular flexibility index (Phi) is 5.33. The molecule has 5 aromatic rings. The van der Waals surface area contributed by atoms with Gasteiger partial charge in [-0.25, -0.2) is 4.98 Å². The lowest BCUT2D eigenvalue weighted by molar-refractivity contribution is -0.115. The van der Waals surface area contributed by atoms with Crippen molar-refractivity contribution in [3.8, 4) is 0 Å². The first kappa shape index (κ1) is 20.2. The van der Waals surface area contributed by atoms with E-state index in [2.05, 4.69) is 46.1 Å². The van der Waals surface area contributed by atoms with Gasteiger partial charge in [-0.15, -0.1) is 10.2 Å². The smallest absolute Gasteiger partial charge is 0.242 e. The highest BCUT2D eigenvalue weighted by Crippen LogP contribution is 2.29. The number of para-hydroxylation sites is 2. The normalized spacial score (nSPS) is 11.2. The molecule has 2 aromatic heterocycles. The van der Waals surface area contributed by atoms with Gasteiger partial charge in [0.15, 0.2) is 5.65 Å². The summed E-state index contributed by atoms with van der Waals surface area (Å²) in [4.78, 5) is 22.9. The molecule has 3 aromatic carbocycles. The standard InChI is InChI=1S/C25H21N5OS/c1-16-13-17(2)22-20(14-16)23-24(26-22)27-25(29-28-23)32-15-21(31)30(18-9-5-3-6-10-18)19-11-7-4-8-12-19/h3-14H,15H2,1-2H3,(H,26,27,29). The second-order valence-corrected chi connectivity index (χ2v) is 8.55. The molecule has 0 spiro atoms. The Labute approximate surface area is 189 Å². The fourth-order valence-corrected chi connectivity index (χ4v) is 4.50. The maximum absolute atomic E-state index is 13.2. The molecule has 158 valence electrons. The first-order chi connectivity index (χ1) is 15.6. The molecule has 0 unspecified atom stereocenters. The van der Waals surface area contributed by atoms with Crippen molar-refractivity contribution in [2.24, 2.45) is 0 Å². The minimum atomic E-state index is -0.0563. The van der Waals surface area contributed by atoms with Crippen molar-refractivity contribution in [3.05, 3.63) is 83.9 Å². The Morgan fingerprint density at radius 2 is 1.59 bits per heavy atom. The highest BCUT2D eigenvalue weighted by atomic mass is 32.2. The van der Waals surface area contributed by atoms with E-state index in [-0.39, 0.29) is 11.7 Å². The van der Waals surface area contributed by atoms with Crippen molar-refractivity contribution in [1.82, 2.24) is 20.2 Å². The summed E-state index contributed by atoms with van der Waals surface area (Å²) in [6, 6.07) is 23.5. The molecule has 32 heavy (non-hydrogen) atoms. The minimum Gasteiger partial charge on any atom is -0.337 e. The van der Waals surface area contributed by atoms with Gasteiger partial charge >= 0.3 is 0 Å². The average Bonchev–Trinajstić information content (AvgIpc) is 3.17. The third-order valence-electron chi connectivity index (χ3n) is 5.25. The number of fused-ring (bicyclic) bond motifs is 3. The number of benzene rings is 3. The number of carbonyl (C=O) groups excluding carboxylic acids is 1. The molecule has 0 saturated carbocycles. The maximum Gasteiger partial charge on any atom is 0.242 e. The average molecular weight is 440 g/mol. The molecule has 0 radical (unpaired) electrons. The molecule has 0 saturated heterocycles. The molecular weight excluding hydrogens is 418 g/mol. The molecule has 0 aliphatic rings. The zero-order valence-electron chi connectivity index (χ0n) is 17.7. The van der Waals surface area contributed by atoms with E-state index in [1.807, 2.05) is 60.7 Å². The molecule has 6 nitrogen and oxygen atoms in total. The van der Waals surface area contributed by atoms with Crippen molar-refractivity contribution in [3.63, 3.8) is 0 Å².